The Bertz CT molecular complexity index is 91.4. The van der Waals surface area contributed by atoms with Crippen LogP contribution in [0, 0.1) is 0 Å². The van der Waals surface area contributed by atoms with E-state index in [1.807, 2.05) is 20.9 Å². The van der Waals surface area contributed by atoms with Crippen LogP contribution in [0.2, 0.25) is 0 Å². The molecule has 0 amide bonds. The summed E-state index contributed by atoms with van der Waals surface area (Å²) in [5, 5.41) is 0. The molecule has 0 aromatic rings. The van der Waals surface area contributed by atoms with Gasteiger partial charge in [0, 0.05) is 25.9 Å². The number of Topliss-reactive ketones (excluding diaryl/α,β-unsaturated/α-hetero) is 1. The Balaban J connectivity index is 0.000000371. The van der Waals surface area contributed by atoms with E-state index < -0.39 is 0 Å². The van der Waals surface area contributed by atoms with Crippen LogP contribution >= 0.6 is 0 Å². The standard InChI is InChI=1S/C6H11NO.C2H6/c1-7-4-2-6(8)3-5-7;1-2/h2-5H2,1H3;1-2H3. The maximum Gasteiger partial charge on any atom is 0.135 e. The molecule has 1 saturated heterocycles. The first kappa shape index (κ1) is 9.63. The van der Waals surface area contributed by atoms with Crippen molar-refractivity contribution in [1.29, 1.82) is 0 Å². The van der Waals surface area contributed by atoms with E-state index in [0.717, 1.165) is 25.9 Å². The molecule has 0 bridgehead atoms. The highest BCUT2D eigenvalue weighted by Crippen LogP contribution is 2.01. The molecule has 2 heteroatoms. The van der Waals surface area contributed by atoms with E-state index in [1.165, 1.54) is 0 Å². The molecule has 1 aliphatic rings. The van der Waals surface area contributed by atoms with E-state index in [1.54, 1.807) is 0 Å². The van der Waals surface area contributed by atoms with E-state index >= 15 is 0 Å². The topological polar surface area (TPSA) is 20.3 Å². The minimum Gasteiger partial charge on any atom is -0.305 e. The molecule has 0 atom stereocenters. The molecule has 0 N–H and O–H groups in total. The molecule has 0 aliphatic carbocycles. The summed E-state index contributed by atoms with van der Waals surface area (Å²) in [6.07, 6.45) is 1.52. The largest absolute Gasteiger partial charge is 0.305 e. The van der Waals surface area contributed by atoms with Crippen LogP contribution in [0.4, 0.5) is 0 Å². The second kappa shape index (κ2) is 5.42. The molecule has 10 heavy (non-hydrogen) atoms. The van der Waals surface area contributed by atoms with Gasteiger partial charge >= 0.3 is 0 Å². The lowest BCUT2D eigenvalue weighted by atomic mass is 10.1. The molecular formula is C8H17NO. The van der Waals surface area contributed by atoms with Gasteiger partial charge in [0.2, 0.25) is 0 Å². The average Bonchev–Trinajstić information content (AvgIpc) is 2.00. The molecule has 0 spiro atoms. The molecular weight excluding hydrogens is 126 g/mol. The van der Waals surface area contributed by atoms with Gasteiger partial charge in [-0.05, 0) is 7.05 Å². The summed E-state index contributed by atoms with van der Waals surface area (Å²) in [6.45, 7) is 5.91. The Morgan fingerprint density at radius 2 is 1.60 bits per heavy atom. The summed E-state index contributed by atoms with van der Waals surface area (Å²) in [4.78, 5) is 12.8. The quantitative estimate of drug-likeness (QED) is 0.509. The van der Waals surface area contributed by atoms with Crippen molar-refractivity contribution in [2.75, 3.05) is 20.1 Å². The first-order valence-corrected chi connectivity index (χ1v) is 3.99. The van der Waals surface area contributed by atoms with Crippen molar-refractivity contribution in [1.82, 2.24) is 4.90 Å². The minimum atomic E-state index is 0.420. The fourth-order valence-electron chi connectivity index (χ4n) is 0.868. The van der Waals surface area contributed by atoms with Gasteiger partial charge < -0.3 is 4.90 Å². The smallest absolute Gasteiger partial charge is 0.135 e. The summed E-state index contributed by atoms with van der Waals surface area (Å²) in [7, 11) is 2.05. The fourth-order valence-corrected chi connectivity index (χ4v) is 0.868. The number of carbonyl (C=O) groups excluding carboxylic acids is 1. The number of likely N-dealkylation sites (tertiary alicyclic amines) is 1. The summed E-state index contributed by atoms with van der Waals surface area (Å²) in [6, 6.07) is 0. The molecule has 1 heterocycles. The Kier molecular flexibility index (Phi) is 5.22. The number of ketones is 1. The van der Waals surface area contributed by atoms with Gasteiger partial charge in [0.15, 0.2) is 0 Å². The Morgan fingerprint density at radius 1 is 1.20 bits per heavy atom. The van der Waals surface area contributed by atoms with Crippen LogP contribution < -0.4 is 0 Å². The predicted octanol–water partition coefficient (Wildman–Crippen LogP) is 1.31. The van der Waals surface area contributed by atoms with Crippen molar-refractivity contribution >= 4 is 5.78 Å². The maximum atomic E-state index is 10.6. The van der Waals surface area contributed by atoms with Crippen LogP contribution in [-0.4, -0.2) is 30.8 Å². The molecule has 2 nitrogen and oxygen atoms in total. The third-order valence-corrected chi connectivity index (χ3v) is 1.54. The second-order valence-corrected chi connectivity index (χ2v) is 2.34. The van der Waals surface area contributed by atoms with Crippen LogP contribution in [0.1, 0.15) is 26.7 Å². The van der Waals surface area contributed by atoms with Gasteiger partial charge in [0.05, 0.1) is 0 Å². The molecule has 60 valence electrons. The van der Waals surface area contributed by atoms with Gasteiger partial charge in [-0.2, -0.15) is 0 Å². The van der Waals surface area contributed by atoms with Crippen LogP contribution in [0.5, 0.6) is 0 Å². The van der Waals surface area contributed by atoms with E-state index in [-0.39, 0.29) is 0 Å². The summed E-state index contributed by atoms with van der Waals surface area (Å²) < 4.78 is 0. The van der Waals surface area contributed by atoms with Crippen molar-refractivity contribution in [2.45, 2.75) is 26.7 Å². The lowest BCUT2D eigenvalue weighted by Gasteiger charge is -2.19. The van der Waals surface area contributed by atoms with E-state index in [2.05, 4.69) is 4.90 Å². The average molecular weight is 143 g/mol. The molecule has 1 aliphatic heterocycles. The van der Waals surface area contributed by atoms with Crippen molar-refractivity contribution in [3.05, 3.63) is 0 Å². The van der Waals surface area contributed by atoms with Crippen LogP contribution in [-0.2, 0) is 4.79 Å². The SMILES string of the molecule is CC.CN1CCC(=O)CC1. The number of nitrogens with zero attached hydrogens (tertiary/aromatic N) is 1. The van der Waals surface area contributed by atoms with Gasteiger partial charge in [0.25, 0.3) is 0 Å². The third kappa shape index (κ3) is 3.62. The summed E-state index contributed by atoms with van der Waals surface area (Å²) in [5.41, 5.74) is 0. The van der Waals surface area contributed by atoms with E-state index in [9.17, 15) is 4.79 Å². The highest BCUT2D eigenvalue weighted by Gasteiger charge is 2.10. The normalized spacial score (nSPS) is 19.7. The number of hydrogen-bond donors (Lipinski definition) is 0. The van der Waals surface area contributed by atoms with Gasteiger partial charge in [-0.15, -0.1) is 0 Å². The Morgan fingerprint density at radius 3 is 1.90 bits per heavy atom. The number of piperidine rings is 1. The number of carbonyl (C=O) groups is 1. The van der Waals surface area contributed by atoms with E-state index in [4.69, 9.17) is 0 Å². The number of hydrogen-bond acceptors (Lipinski definition) is 2. The lowest BCUT2D eigenvalue weighted by Crippen LogP contribution is -2.29. The molecule has 0 aromatic carbocycles. The van der Waals surface area contributed by atoms with Crippen molar-refractivity contribution in [3.63, 3.8) is 0 Å². The van der Waals surface area contributed by atoms with Gasteiger partial charge in [-0.1, -0.05) is 13.8 Å². The van der Waals surface area contributed by atoms with Crippen LogP contribution in [0.25, 0.3) is 0 Å². The zero-order chi connectivity index (χ0) is 7.98. The Labute approximate surface area is 63.2 Å². The third-order valence-electron chi connectivity index (χ3n) is 1.54. The number of rotatable bonds is 0. The van der Waals surface area contributed by atoms with Crippen molar-refractivity contribution < 1.29 is 4.79 Å². The highest BCUT2D eigenvalue weighted by atomic mass is 16.1. The molecule has 1 fully saturated rings. The van der Waals surface area contributed by atoms with Crippen LogP contribution in [0.15, 0.2) is 0 Å². The molecule has 0 radical (unpaired) electrons. The Hall–Kier alpha value is -0.370. The molecule has 0 unspecified atom stereocenters. The molecule has 1 rings (SSSR count). The van der Waals surface area contributed by atoms with Crippen LogP contribution in [0.3, 0.4) is 0 Å². The maximum absolute atomic E-state index is 10.6. The zero-order valence-electron chi connectivity index (χ0n) is 7.18. The van der Waals surface area contributed by atoms with E-state index in [0.29, 0.717) is 5.78 Å². The molecule has 0 saturated carbocycles. The van der Waals surface area contributed by atoms with Crippen molar-refractivity contribution in [2.24, 2.45) is 0 Å². The zero-order valence-corrected chi connectivity index (χ0v) is 7.18. The van der Waals surface area contributed by atoms with Gasteiger partial charge in [-0.3, -0.25) is 4.79 Å². The van der Waals surface area contributed by atoms with Crippen molar-refractivity contribution in [3.8, 4) is 0 Å². The van der Waals surface area contributed by atoms with Gasteiger partial charge in [0.1, 0.15) is 5.78 Å². The lowest BCUT2D eigenvalue weighted by molar-refractivity contribution is -0.121. The molecule has 0 aromatic heterocycles. The first-order valence-electron chi connectivity index (χ1n) is 3.99. The second-order valence-electron chi connectivity index (χ2n) is 2.34. The fraction of sp³-hybridized carbons (Fsp3) is 0.875. The first-order chi connectivity index (χ1) is 4.79. The monoisotopic (exact) mass is 143 g/mol. The highest BCUT2D eigenvalue weighted by molar-refractivity contribution is 5.79. The van der Waals surface area contributed by atoms with Gasteiger partial charge in [-0.25, -0.2) is 0 Å². The summed E-state index contributed by atoms with van der Waals surface area (Å²) in [5.74, 6) is 0.420. The predicted molar refractivity (Wildman–Crippen MR) is 43.1 cm³/mol. The summed E-state index contributed by atoms with van der Waals surface area (Å²) >= 11 is 0. The minimum absolute atomic E-state index is 0.420.